The van der Waals surface area contributed by atoms with Gasteiger partial charge in [-0.3, -0.25) is 28.9 Å². The first-order valence-electron chi connectivity index (χ1n) is 9.29. The third-order valence-corrected chi connectivity index (χ3v) is 5.62. The van der Waals surface area contributed by atoms with Gasteiger partial charge in [0, 0.05) is 18.7 Å². The third kappa shape index (κ3) is 4.06. The lowest BCUT2D eigenvalue weighted by molar-refractivity contribution is -0.152. The summed E-state index contributed by atoms with van der Waals surface area (Å²) in [6.45, 7) is -0.352. The standard InChI is InChI=1S/C18H26N4O6/c19-16(27)18(17(20)28)8-7-11(18)4-2-1-3-9-21-15(26)12(10-23)22-13(24)5-6-14(22)25/h5-6,11-12,23H,1-4,7-10H2,(H2,19,27)(H2,20,28)(H,21,26)/t11?,12-/m0/s1. The normalized spacial score (nSPS) is 21.3. The second kappa shape index (κ2) is 8.96. The molecule has 0 saturated heterocycles. The van der Waals surface area contributed by atoms with Gasteiger partial charge >= 0.3 is 0 Å². The highest BCUT2D eigenvalue weighted by Crippen LogP contribution is 2.49. The molecule has 6 N–H and O–H groups in total. The summed E-state index contributed by atoms with van der Waals surface area (Å²) in [6, 6.07) is -1.25. The molecule has 2 aliphatic rings. The van der Waals surface area contributed by atoms with Crippen molar-refractivity contribution in [2.24, 2.45) is 22.8 Å². The van der Waals surface area contributed by atoms with Gasteiger partial charge in [0.1, 0.15) is 11.5 Å². The largest absolute Gasteiger partial charge is 0.394 e. The molecular weight excluding hydrogens is 368 g/mol. The minimum absolute atomic E-state index is 0.143. The van der Waals surface area contributed by atoms with E-state index < -0.39 is 47.6 Å². The first kappa shape index (κ1) is 21.5. The van der Waals surface area contributed by atoms with E-state index in [9.17, 15) is 29.1 Å². The van der Waals surface area contributed by atoms with Crippen LogP contribution in [0.4, 0.5) is 0 Å². The maximum Gasteiger partial charge on any atom is 0.254 e. The molecule has 2 rings (SSSR count). The molecule has 5 amide bonds. The number of carbonyl (C=O) groups is 5. The van der Waals surface area contributed by atoms with Gasteiger partial charge in [-0.2, -0.15) is 0 Å². The fourth-order valence-electron chi connectivity index (χ4n) is 3.82. The number of aliphatic hydroxyl groups excluding tert-OH is 1. The van der Waals surface area contributed by atoms with Gasteiger partial charge in [0.2, 0.25) is 17.7 Å². The summed E-state index contributed by atoms with van der Waals surface area (Å²) in [5, 5.41) is 12.0. The molecule has 10 heteroatoms. The van der Waals surface area contributed by atoms with Crippen molar-refractivity contribution in [3.63, 3.8) is 0 Å². The molecule has 154 valence electrons. The molecule has 0 aromatic heterocycles. The Kier molecular flexibility index (Phi) is 6.90. The van der Waals surface area contributed by atoms with E-state index in [1.165, 1.54) is 0 Å². The molecule has 0 aromatic rings. The van der Waals surface area contributed by atoms with Crippen LogP contribution in [-0.4, -0.2) is 58.7 Å². The van der Waals surface area contributed by atoms with E-state index in [2.05, 4.69) is 5.32 Å². The Labute approximate surface area is 162 Å². The average Bonchev–Trinajstić information content (AvgIpc) is 2.92. The van der Waals surface area contributed by atoms with Crippen LogP contribution >= 0.6 is 0 Å². The zero-order chi connectivity index (χ0) is 20.9. The summed E-state index contributed by atoms with van der Waals surface area (Å²) in [7, 11) is 0. The minimum atomic E-state index is -1.25. The van der Waals surface area contributed by atoms with Gasteiger partial charge in [0.15, 0.2) is 0 Å². The van der Waals surface area contributed by atoms with Crippen LogP contribution in [0.5, 0.6) is 0 Å². The lowest BCUT2D eigenvalue weighted by Gasteiger charge is -2.44. The Hall–Kier alpha value is -2.75. The van der Waals surface area contributed by atoms with Gasteiger partial charge < -0.3 is 21.9 Å². The lowest BCUT2D eigenvalue weighted by atomic mass is 9.57. The Bertz CT molecular complexity index is 672. The van der Waals surface area contributed by atoms with E-state index in [1.54, 1.807) is 0 Å². The molecule has 0 radical (unpaired) electrons. The number of amides is 5. The Morgan fingerprint density at radius 2 is 1.75 bits per heavy atom. The SMILES string of the molecule is NC(=O)C1(C(N)=O)CCC1CCCCCNC(=O)[C@H](CO)N1C(=O)C=CC1=O. The molecule has 0 spiro atoms. The Morgan fingerprint density at radius 3 is 2.21 bits per heavy atom. The molecule has 1 aliphatic carbocycles. The molecule has 0 bridgehead atoms. The summed E-state index contributed by atoms with van der Waals surface area (Å²) in [6.07, 6.45) is 5.96. The summed E-state index contributed by atoms with van der Waals surface area (Å²) >= 11 is 0. The molecule has 1 fully saturated rings. The fraction of sp³-hybridized carbons (Fsp3) is 0.611. The van der Waals surface area contributed by atoms with E-state index in [-0.39, 0.29) is 5.92 Å². The van der Waals surface area contributed by atoms with Crippen LogP contribution < -0.4 is 16.8 Å². The highest BCUT2D eigenvalue weighted by Gasteiger charge is 2.55. The molecule has 10 nitrogen and oxygen atoms in total. The van der Waals surface area contributed by atoms with Crippen LogP contribution in [0.25, 0.3) is 0 Å². The van der Waals surface area contributed by atoms with E-state index in [0.29, 0.717) is 25.8 Å². The predicted octanol–water partition coefficient (Wildman–Crippen LogP) is -1.68. The van der Waals surface area contributed by atoms with Crippen molar-refractivity contribution in [3.8, 4) is 0 Å². The highest BCUT2D eigenvalue weighted by molar-refractivity contribution is 6.15. The van der Waals surface area contributed by atoms with Crippen LogP contribution in [0.2, 0.25) is 0 Å². The second-order valence-electron chi connectivity index (χ2n) is 7.15. The zero-order valence-electron chi connectivity index (χ0n) is 15.6. The Balaban J connectivity index is 1.70. The summed E-state index contributed by atoms with van der Waals surface area (Å²) in [4.78, 5) is 59.3. The summed E-state index contributed by atoms with van der Waals surface area (Å²) in [5.41, 5.74) is 9.49. The number of aliphatic hydroxyl groups is 1. The van der Waals surface area contributed by atoms with Gasteiger partial charge in [-0.1, -0.05) is 12.8 Å². The van der Waals surface area contributed by atoms with Gasteiger partial charge in [0.05, 0.1) is 6.61 Å². The minimum Gasteiger partial charge on any atom is -0.394 e. The maximum absolute atomic E-state index is 12.1. The molecule has 1 aliphatic heterocycles. The maximum atomic E-state index is 12.1. The smallest absolute Gasteiger partial charge is 0.254 e. The van der Waals surface area contributed by atoms with Crippen molar-refractivity contribution >= 4 is 29.5 Å². The average molecular weight is 394 g/mol. The van der Waals surface area contributed by atoms with Gasteiger partial charge in [0.25, 0.3) is 11.8 Å². The number of nitrogens with zero attached hydrogens (tertiary/aromatic N) is 1. The third-order valence-electron chi connectivity index (χ3n) is 5.62. The molecule has 1 heterocycles. The number of hydrogen-bond donors (Lipinski definition) is 4. The first-order valence-corrected chi connectivity index (χ1v) is 9.29. The van der Waals surface area contributed by atoms with Gasteiger partial charge in [-0.25, -0.2) is 0 Å². The molecule has 0 aromatic carbocycles. The molecule has 2 atom stereocenters. The van der Waals surface area contributed by atoms with E-state index in [4.69, 9.17) is 11.5 Å². The van der Waals surface area contributed by atoms with Crippen molar-refractivity contribution in [1.82, 2.24) is 10.2 Å². The number of nitrogens with one attached hydrogen (secondary N) is 1. The van der Waals surface area contributed by atoms with Gasteiger partial charge in [-0.05, 0) is 31.6 Å². The van der Waals surface area contributed by atoms with Gasteiger partial charge in [-0.15, -0.1) is 0 Å². The predicted molar refractivity (Wildman–Crippen MR) is 96.9 cm³/mol. The number of primary amides is 2. The number of imide groups is 1. The van der Waals surface area contributed by atoms with Crippen molar-refractivity contribution in [1.29, 1.82) is 0 Å². The number of carbonyl (C=O) groups excluding carboxylic acids is 5. The first-order chi connectivity index (χ1) is 13.3. The van der Waals surface area contributed by atoms with Crippen LogP contribution in [0.3, 0.4) is 0 Å². The fourth-order valence-corrected chi connectivity index (χ4v) is 3.82. The van der Waals surface area contributed by atoms with Crippen molar-refractivity contribution in [2.45, 2.75) is 44.6 Å². The van der Waals surface area contributed by atoms with Crippen molar-refractivity contribution < 1.29 is 29.1 Å². The number of unbranched alkanes of at least 4 members (excludes halogenated alkanes) is 2. The van der Waals surface area contributed by atoms with Crippen molar-refractivity contribution in [3.05, 3.63) is 12.2 Å². The lowest BCUT2D eigenvalue weighted by Crippen LogP contribution is -2.58. The van der Waals surface area contributed by atoms with Crippen molar-refractivity contribution in [2.75, 3.05) is 13.2 Å². The second-order valence-corrected chi connectivity index (χ2v) is 7.15. The number of rotatable bonds is 11. The van der Waals surface area contributed by atoms with E-state index in [1.807, 2.05) is 0 Å². The highest BCUT2D eigenvalue weighted by atomic mass is 16.3. The monoisotopic (exact) mass is 394 g/mol. The number of nitrogens with two attached hydrogens (primary N) is 2. The van der Waals surface area contributed by atoms with E-state index in [0.717, 1.165) is 36.3 Å². The van der Waals surface area contributed by atoms with Crippen LogP contribution in [0, 0.1) is 11.3 Å². The topological polar surface area (TPSA) is 173 Å². The Morgan fingerprint density at radius 1 is 1.14 bits per heavy atom. The molecule has 1 unspecified atom stereocenters. The zero-order valence-corrected chi connectivity index (χ0v) is 15.6. The van der Waals surface area contributed by atoms with Crippen LogP contribution in [0.1, 0.15) is 38.5 Å². The van der Waals surface area contributed by atoms with Crippen LogP contribution in [0.15, 0.2) is 12.2 Å². The molecule has 28 heavy (non-hydrogen) atoms. The summed E-state index contributed by atoms with van der Waals surface area (Å²) < 4.78 is 0. The summed E-state index contributed by atoms with van der Waals surface area (Å²) in [5.74, 6) is -3.35. The number of hydrogen-bond acceptors (Lipinski definition) is 6. The molecular formula is C18H26N4O6. The quantitative estimate of drug-likeness (QED) is 0.185. The van der Waals surface area contributed by atoms with E-state index >= 15 is 0 Å². The molecule has 1 saturated carbocycles. The van der Waals surface area contributed by atoms with Crippen LogP contribution in [-0.2, 0) is 24.0 Å².